The van der Waals surface area contributed by atoms with Crippen LogP contribution in [0.5, 0.6) is 11.5 Å². The Morgan fingerprint density at radius 3 is 2.55 bits per heavy atom. The first kappa shape index (κ1) is 14.9. The van der Waals surface area contributed by atoms with Gasteiger partial charge in [-0.2, -0.15) is 0 Å². The molecule has 2 aromatic carbocycles. The molecule has 0 atom stereocenters. The maximum atomic E-state index is 9.98. The number of ether oxygens (including phenoxy) is 1. The molecular weight excluding hydrogens is 274 g/mol. The Kier molecular flexibility index (Phi) is 4.96. The molecule has 3 nitrogen and oxygen atoms in total. The molecule has 3 heteroatoms. The smallest absolute Gasteiger partial charge is 0.161 e. The molecule has 1 heterocycles. The average Bonchev–Trinajstić information content (AvgIpc) is 2.57. The molecule has 0 amide bonds. The van der Waals surface area contributed by atoms with Crippen molar-refractivity contribution in [1.29, 1.82) is 0 Å². The summed E-state index contributed by atoms with van der Waals surface area (Å²) in [6, 6.07) is 15.8. The SMILES string of the molecule is Oc1ccc(CC2CCNCC2)cc1OCc1ccccc1. The minimum Gasteiger partial charge on any atom is -0.504 e. The van der Waals surface area contributed by atoms with Gasteiger partial charge in [-0.15, -0.1) is 0 Å². The van der Waals surface area contributed by atoms with Crippen molar-refractivity contribution in [1.82, 2.24) is 5.32 Å². The van der Waals surface area contributed by atoms with Crippen LogP contribution in [0.3, 0.4) is 0 Å². The molecule has 22 heavy (non-hydrogen) atoms. The van der Waals surface area contributed by atoms with Crippen molar-refractivity contribution in [2.24, 2.45) is 5.92 Å². The molecule has 2 N–H and O–H groups in total. The Balaban J connectivity index is 1.64. The lowest BCUT2D eigenvalue weighted by atomic mass is 9.91. The predicted octanol–water partition coefficient (Wildman–Crippen LogP) is 3.51. The van der Waals surface area contributed by atoms with Gasteiger partial charge in [-0.1, -0.05) is 36.4 Å². The van der Waals surface area contributed by atoms with Crippen LogP contribution in [0.15, 0.2) is 48.5 Å². The molecule has 0 aliphatic carbocycles. The number of hydrogen-bond donors (Lipinski definition) is 2. The molecule has 0 bridgehead atoms. The zero-order chi connectivity index (χ0) is 15.2. The first-order valence-electron chi connectivity index (χ1n) is 8.00. The van der Waals surface area contributed by atoms with Crippen LogP contribution in [0, 0.1) is 5.92 Å². The van der Waals surface area contributed by atoms with Crippen molar-refractivity contribution in [3.63, 3.8) is 0 Å². The van der Waals surface area contributed by atoms with Crippen molar-refractivity contribution in [2.45, 2.75) is 25.9 Å². The van der Waals surface area contributed by atoms with Crippen molar-refractivity contribution < 1.29 is 9.84 Å². The van der Waals surface area contributed by atoms with Crippen molar-refractivity contribution in [2.75, 3.05) is 13.1 Å². The molecule has 3 rings (SSSR count). The Bertz CT molecular complexity index is 592. The molecule has 0 aromatic heterocycles. The fraction of sp³-hybridized carbons (Fsp3) is 0.368. The summed E-state index contributed by atoms with van der Waals surface area (Å²) in [4.78, 5) is 0. The van der Waals surface area contributed by atoms with E-state index in [2.05, 4.69) is 5.32 Å². The van der Waals surface area contributed by atoms with E-state index in [4.69, 9.17) is 4.74 Å². The molecule has 1 aliphatic heterocycles. The number of aromatic hydroxyl groups is 1. The summed E-state index contributed by atoms with van der Waals surface area (Å²) in [5, 5.41) is 13.4. The fourth-order valence-electron chi connectivity index (χ4n) is 2.96. The van der Waals surface area contributed by atoms with Gasteiger partial charge in [0.05, 0.1) is 0 Å². The Morgan fingerprint density at radius 2 is 1.77 bits per heavy atom. The van der Waals surface area contributed by atoms with Crippen molar-refractivity contribution >= 4 is 0 Å². The van der Waals surface area contributed by atoms with Crippen LogP contribution in [-0.4, -0.2) is 18.2 Å². The van der Waals surface area contributed by atoms with Gasteiger partial charge in [0.1, 0.15) is 6.61 Å². The van der Waals surface area contributed by atoms with Crippen LogP contribution in [0.1, 0.15) is 24.0 Å². The van der Waals surface area contributed by atoms with Crippen LogP contribution in [0.4, 0.5) is 0 Å². The van der Waals surface area contributed by atoms with E-state index in [9.17, 15) is 5.11 Å². The Labute approximate surface area is 131 Å². The van der Waals surface area contributed by atoms with Gasteiger partial charge in [0.2, 0.25) is 0 Å². The standard InChI is InChI=1S/C19H23NO2/c21-18-7-6-17(12-15-8-10-20-11-9-15)13-19(18)22-14-16-4-2-1-3-5-16/h1-7,13,15,20-21H,8-12,14H2. The van der Waals surface area contributed by atoms with Gasteiger partial charge in [-0.25, -0.2) is 0 Å². The second-order valence-corrected chi connectivity index (χ2v) is 5.97. The maximum absolute atomic E-state index is 9.98. The summed E-state index contributed by atoms with van der Waals surface area (Å²) in [6.45, 7) is 2.70. The number of rotatable bonds is 5. The number of phenols is 1. The third-order valence-electron chi connectivity index (χ3n) is 4.24. The first-order chi connectivity index (χ1) is 10.8. The van der Waals surface area contributed by atoms with Gasteiger partial charge in [0.25, 0.3) is 0 Å². The van der Waals surface area contributed by atoms with E-state index < -0.39 is 0 Å². The first-order valence-corrected chi connectivity index (χ1v) is 8.00. The molecule has 1 fully saturated rings. The summed E-state index contributed by atoms with van der Waals surface area (Å²) in [6.07, 6.45) is 3.51. The van der Waals surface area contributed by atoms with E-state index in [-0.39, 0.29) is 5.75 Å². The highest BCUT2D eigenvalue weighted by Gasteiger charge is 2.14. The quantitative estimate of drug-likeness (QED) is 0.887. The average molecular weight is 297 g/mol. The van der Waals surface area contributed by atoms with E-state index in [1.54, 1.807) is 6.07 Å². The summed E-state index contributed by atoms with van der Waals surface area (Å²) in [5.74, 6) is 1.52. The minimum atomic E-state index is 0.213. The molecule has 0 saturated carbocycles. The molecule has 0 unspecified atom stereocenters. The topological polar surface area (TPSA) is 41.5 Å². The second kappa shape index (κ2) is 7.32. The largest absolute Gasteiger partial charge is 0.504 e. The Hall–Kier alpha value is -2.00. The van der Waals surface area contributed by atoms with Crippen LogP contribution in [-0.2, 0) is 13.0 Å². The van der Waals surface area contributed by atoms with E-state index >= 15 is 0 Å². The molecule has 0 spiro atoms. The highest BCUT2D eigenvalue weighted by atomic mass is 16.5. The van der Waals surface area contributed by atoms with Crippen molar-refractivity contribution in [3.8, 4) is 11.5 Å². The molecule has 116 valence electrons. The lowest BCUT2D eigenvalue weighted by Crippen LogP contribution is -2.28. The summed E-state index contributed by atoms with van der Waals surface area (Å²) < 4.78 is 5.79. The maximum Gasteiger partial charge on any atom is 0.161 e. The fourth-order valence-corrected chi connectivity index (χ4v) is 2.96. The molecule has 0 radical (unpaired) electrons. The lowest BCUT2D eigenvalue weighted by Gasteiger charge is -2.22. The Morgan fingerprint density at radius 1 is 1.00 bits per heavy atom. The highest BCUT2D eigenvalue weighted by Crippen LogP contribution is 2.29. The summed E-state index contributed by atoms with van der Waals surface area (Å²) in [5.41, 5.74) is 2.35. The van der Waals surface area contributed by atoms with Crippen molar-refractivity contribution in [3.05, 3.63) is 59.7 Å². The van der Waals surface area contributed by atoms with E-state index in [0.29, 0.717) is 12.4 Å². The number of piperidine rings is 1. The summed E-state index contributed by atoms with van der Waals surface area (Å²) >= 11 is 0. The predicted molar refractivity (Wildman–Crippen MR) is 88.2 cm³/mol. The van der Waals surface area contributed by atoms with Gasteiger partial charge in [-0.05, 0) is 61.5 Å². The number of nitrogens with one attached hydrogen (secondary N) is 1. The molecule has 1 aliphatic rings. The normalized spacial score (nSPS) is 15.6. The van der Waals surface area contributed by atoms with E-state index in [1.807, 2.05) is 42.5 Å². The van der Waals surface area contributed by atoms with Crippen LogP contribution < -0.4 is 10.1 Å². The van der Waals surface area contributed by atoms with Gasteiger partial charge < -0.3 is 15.2 Å². The van der Waals surface area contributed by atoms with Crippen LogP contribution in [0.2, 0.25) is 0 Å². The third kappa shape index (κ3) is 4.01. The molecular formula is C19H23NO2. The van der Waals surface area contributed by atoms with Gasteiger partial charge in [0.15, 0.2) is 11.5 Å². The summed E-state index contributed by atoms with van der Waals surface area (Å²) in [7, 11) is 0. The zero-order valence-corrected chi connectivity index (χ0v) is 12.8. The molecule has 2 aromatic rings. The van der Waals surface area contributed by atoms with Crippen LogP contribution in [0.25, 0.3) is 0 Å². The van der Waals surface area contributed by atoms with Gasteiger partial charge >= 0.3 is 0 Å². The van der Waals surface area contributed by atoms with Crippen LogP contribution >= 0.6 is 0 Å². The molecule has 1 saturated heterocycles. The highest BCUT2D eigenvalue weighted by molar-refractivity contribution is 5.42. The van der Waals surface area contributed by atoms with E-state index in [1.165, 1.54) is 18.4 Å². The minimum absolute atomic E-state index is 0.213. The lowest BCUT2D eigenvalue weighted by molar-refractivity contribution is 0.288. The third-order valence-corrected chi connectivity index (χ3v) is 4.24. The van der Waals surface area contributed by atoms with Gasteiger partial charge in [-0.3, -0.25) is 0 Å². The number of benzene rings is 2. The van der Waals surface area contributed by atoms with E-state index in [0.717, 1.165) is 31.0 Å². The number of phenolic OH excluding ortho intramolecular Hbond substituents is 1. The zero-order valence-electron chi connectivity index (χ0n) is 12.8. The van der Waals surface area contributed by atoms with Gasteiger partial charge in [0, 0.05) is 0 Å². The second-order valence-electron chi connectivity index (χ2n) is 5.97. The number of hydrogen-bond acceptors (Lipinski definition) is 3. The monoisotopic (exact) mass is 297 g/mol.